The molecule has 0 atom stereocenters. The number of carbonyl (C=O) groups is 1. The summed E-state index contributed by atoms with van der Waals surface area (Å²) in [6.45, 7) is 2.68. The van der Waals surface area contributed by atoms with E-state index >= 15 is 0 Å². The van der Waals surface area contributed by atoms with Gasteiger partial charge in [0.2, 0.25) is 5.89 Å². The largest absolute Gasteiger partial charge is 0.461 e. The zero-order chi connectivity index (χ0) is 13.7. The van der Waals surface area contributed by atoms with Gasteiger partial charge in [-0.25, -0.2) is 9.78 Å². The SMILES string of the molecule is CCOC(=O)c1coc(-c2ccc(CCN)cc2)n1. The lowest BCUT2D eigenvalue weighted by molar-refractivity contribution is 0.0519. The van der Waals surface area contributed by atoms with Crippen LogP contribution in [-0.4, -0.2) is 24.1 Å². The lowest BCUT2D eigenvalue weighted by atomic mass is 10.1. The highest BCUT2D eigenvalue weighted by atomic mass is 16.5. The van der Waals surface area contributed by atoms with E-state index in [0.29, 0.717) is 19.0 Å². The molecular formula is C14H16N2O3. The summed E-state index contributed by atoms with van der Waals surface area (Å²) >= 11 is 0. The molecule has 0 aliphatic carbocycles. The topological polar surface area (TPSA) is 78.3 Å². The molecule has 0 bridgehead atoms. The fraction of sp³-hybridized carbons (Fsp3) is 0.286. The number of rotatable bonds is 5. The third-order valence-electron chi connectivity index (χ3n) is 2.62. The van der Waals surface area contributed by atoms with E-state index in [-0.39, 0.29) is 5.69 Å². The van der Waals surface area contributed by atoms with Gasteiger partial charge in [0.05, 0.1) is 6.61 Å². The van der Waals surface area contributed by atoms with Crippen LogP contribution in [0.25, 0.3) is 11.5 Å². The molecule has 1 heterocycles. The molecule has 0 spiro atoms. The number of hydrogen-bond acceptors (Lipinski definition) is 5. The lowest BCUT2D eigenvalue weighted by Gasteiger charge is -1.99. The quantitative estimate of drug-likeness (QED) is 0.832. The van der Waals surface area contributed by atoms with Gasteiger partial charge in [-0.2, -0.15) is 0 Å². The Bertz CT molecular complexity index is 546. The first-order chi connectivity index (χ1) is 9.24. The van der Waals surface area contributed by atoms with Gasteiger partial charge in [-0.05, 0) is 37.6 Å². The summed E-state index contributed by atoms with van der Waals surface area (Å²) in [5.41, 5.74) is 7.65. The minimum atomic E-state index is -0.475. The van der Waals surface area contributed by atoms with E-state index < -0.39 is 5.97 Å². The summed E-state index contributed by atoms with van der Waals surface area (Å²) in [6.07, 6.45) is 2.14. The molecule has 0 radical (unpaired) electrons. The molecule has 2 N–H and O–H groups in total. The average molecular weight is 260 g/mol. The Morgan fingerprint density at radius 2 is 2.11 bits per heavy atom. The molecular weight excluding hydrogens is 244 g/mol. The molecule has 1 aromatic heterocycles. The normalized spacial score (nSPS) is 10.4. The minimum Gasteiger partial charge on any atom is -0.461 e. The van der Waals surface area contributed by atoms with Crippen LogP contribution in [0.3, 0.4) is 0 Å². The molecule has 1 aromatic carbocycles. The first-order valence-electron chi connectivity index (χ1n) is 6.16. The molecule has 100 valence electrons. The predicted molar refractivity (Wildman–Crippen MR) is 70.7 cm³/mol. The predicted octanol–water partition coefficient (Wildman–Crippen LogP) is 2.02. The smallest absolute Gasteiger partial charge is 0.360 e. The van der Waals surface area contributed by atoms with Crippen molar-refractivity contribution in [1.29, 1.82) is 0 Å². The van der Waals surface area contributed by atoms with Crippen molar-refractivity contribution in [3.8, 4) is 11.5 Å². The van der Waals surface area contributed by atoms with Crippen molar-refractivity contribution in [3.63, 3.8) is 0 Å². The second-order valence-corrected chi connectivity index (χ2v) is 3.99. The molecule has 0 saturated heterocycles. The Kier molecular flexibility index (Phi) is 4.30. The zero-order valence-corrected chi connectivity index (χ0v) is 10.8. The van der Waals surface area contributed by atoms with Crippen molar-refractivity contribution in [1.82, 2.24) is 4.98 Å². The molecule has 19 heavy (non-hydrogen) atoms. The van der Waals surface area contributed by atoms with Gasteiger partial charge >= 0.3 is 5.97 Å². The van der Waals surface area contributed by atoms with E-state index in [4.69, 9.17) is 14.9 Å². The van der Waals surface area contributed by atoms with Gasteiger partial charge < -0.3 is 14.9 Å². The lowest BCUT2D eigenvalue weighted by Crippen LogP contribution is -2.04. The number of carbonyl (C=O) groups excluding carboxylic acids is 1. The monoisotopic (exact) mass is 260 g/mol. The fourth-order valence-electron chi connectivity index (χ4n) is 1.69. The van der Waals surface area contributed by atoms with Crippen molar-refractivity contribution in [2.75, 3.05) is 13.2 Å². The molecule has 0 fully saturated rings. The Morgan fingerprint density at radius 1 is 1.37 bits per heavy atom. The Morgan fingerprint density at radius 3 is 2.74 bits per heavy atom. The van der Waals surface area contributed by atoms with Crippen LogP contribution < -0.4 is 5.73 Å². The van der Waals surface area contributed by atoms with Crippen molar-refractivity contribution < 1.29 is 13.9 Å². The second kappa shape index (κ2) is 6.15. The van der Waals surface area contributed by atoms with E-state index in [1.165, 1.54) is 6.26 Å². The number of hydrogen-bond donors (Lipinski definition) is 1. The summed E-state index contributed by atoms with van der Waals surface area (Å²) < 4.78 is 10.1. The maximum Gasteiger partial charge on any atom is 0.360 e. The van der Waals surface area contributed by atoms with Gasteiger partial charge in [0.1, 0.15) is 6.26 Å². The molecule has 2 rings (SSSR count). The maximum absolute atomic E-state index is 11.5. The number of nitrogens with zero attached hydrogens (tertiary/aromatic N) is 1. The molecule has 0 aliphatic rings. The first-order valence-corrected chi connectivity index (χ1v) is 6.16. The van der Waals surface area contributed by atoms with E-state index in [2.05, 4.69) is 4.98 Å². The summed E-state index contributed by atoms with van der Waals surface area (Å²) in [5, 5.41) is 0. The Labute approximate surface area is 111 Å². The number of aromatic nitrogens is 1. The Hall–Kier alpha value is -2.14. The molecule has 5 nitrogen and oxygen atoms in total. The standard InChI is InChI=1S/C14H16N2O3/c1-2-18-14(17)12-9-19-13(16-12)11-5-3-10(4-6-11)7-8-15/h3-6,9H,2,7-8,15H2,1H3. The van der Waals surface area contributed by atoms with Gasteiger partial charge in [0.25, 0.3) is 0 Å². The number of oxazole rings is 1. The number of ether oxygens (including phenoxy) is 1. The van der Waals surface area contributed by atoms with Gasteiger partial charge in [-0.1, -0.05) is 12.1 Å². The molecule has 0 unspecified atom stereocenters. The second-order valence-electron chi connectivity index (χ2n) is 3.99. The first kappa shape index (κ1) is 13.3. The van der Waals surface area contributed by atoms with E-state index in [1.54, 1.807) is 6.92 Å². The van der Waals surface area contributed by atoms with Crippen LogP contribution in [0.1, 0.15) is 23.0 Å². The van der Waals surface area contributed by atoms with Crippen LogP contribution in [0.15, 0.2) is 34.9 Å². The summed E-state index contributed by atoms with van der Waals surface area (Å²) in [7, 11) is 0. The van der Waals surface area contributed by atoms with Crippen molar-refractivity contribution >= 4 is 5.97 Å². The minimum absolute atomic E-state index is 0.183. The molecule has 0 aliphatic heterocycles. The molecule has 0 saturated carbocycles. The summed E-state index contributed by atoms with van der Waals surface area (Å²) in [4.78, 5) is 15.6. The van der Waals surface area contributed by atoms with Crippen LogP contribution >= 0.6 is 0 Å². The molecule has 5 heteroatoms. The third-order valence-corrected chi connectivity index (χ3v) is 2.62. The van der Waals surface area contributed by atoms with Crippen molar-refractivity contribution in [2.24, 2.45) is 5.73 Å². The van der Waals surface area contributed by atoms with Crippen LogP contribution in [0.5, 0.6) is 0 Å². The highest BCUT2D eigenvalue weighted by Gasteiger charge is 2.14. The van der Waals surface area contributed by atoms with E-state index in [0.717, 1.165) is 17.5 Å². The third kappa shape index (κ3) is 3.20. The van der Waals surface area contributed by atoms with Crippen LogP contribution in [0.2, 0.25) is 0 Å². The van der Waals surface area contributed by atoms with E-state index in [9.17, 15) is 4.79 Å². The fourth-order valence-corrected chi connectivity index (χ4v) is 1.69. The van der Waals surface area contributed by atoms with Gasteiger partial charge in [0.15, 0.2) is 5.69 Å². The van der Waals surface area contributed by atoms with Gasteiger partial charge in [0, 0.05) is 5.56 Å². The van der Waals surface area contributed by atoms with Crippen LogP contribution in [-0.2, 0) is 11.2 Å². The van der Waals surface area contributed by atoms with Crippen LogP contribution in [0, 0.1) is 0 Å². The van der Waals surface area contributed by atoms with Crippen LogP contribution in [0.4, 0.5) is 0 Å². The molecule has 2 aromatic rings. The summed E-state index contributed by atoms with van der Waals surface area (Å²) in [6, 6.07) is 7.73. The maximum atomic E-state index is 11.5. The Balaban J connectivity index is 2.15. The van der Waals surface area contributed by atoms with Crippen molar-refractivity contribution in [2.45, 2.75) is 13.3 Å². The number of nitrogens with two attached hydrogens (primary N) is 1. The van der Waals surface area contributed by atoms with Gasteiger partial charge in [-0.3, -0.25) is 0 Å². The number of esters is 1. The van der Waals surface area contributed by atoms with Gasteiger partial charge in [-0.15, -0.1) is 0 Å². The zero-order valence-electron chi connectivity index (χ0n) is 10.8. The van der Waals surface area contributed by atoms with Crippen molar-refractivity contribution in [3.05, 3.63) is 41.8 Å². The summed E-state index contributed by atoms with van der Waals surface area (Å²) in [5.74, 6) is -0.0698. The highest BCUT2D eigenvalue weighted by molar-refractivity contribution is 5.87. The number of benzene rings is 1. The average Bonchev–Trinajstić information content (AvgIpc) is 2.90. The van der Waals surface area contributed by atoms with E-state index in [1.807, 2.05) is 24.3 Å². The highest BCUT2D eigenvalue weighted by Crippen LogP contribution is 2.19. The molecule has 0 amide bonds.